The highest BCUT2D eigenvalue weighted by Gasteiger charge is 2.36. The predicted molar refractivity (Wildman–Crippen MR) is 104 cm³/mol. The van der Waals surface area contributed by atoms with Crippen LogP contribution in [0.1, 0.15) is 34.9 Å². The van der Waals surface area contributed by atoms with Crippen molar-refractivity contribution in [2.24, 2.45) is 5.73 Å². The molecule has 1 saturated heterocycles. The van der Waals surface area contributed by atoms with Gasteiger partial charge < -0.3 is 15.8 Å². The molecule has 2 heterocycles. The monoisotopic (exact) mass is 391 g/mol. The minimum Gasteiger partial charge on any atom is -0.369 e. The van der Waals surface area contributed by atoms with Gasteiger partial charge in [0.15, 0.2) is 11.6 Å². The van der Waals surface area contributed by atoms with E-state index < -0.39 is 18.1 Å². The molecule has 1 aromatic heterocycles. The number of nitrogens with one attached hydrogen (secondary N) is 1. The Labute approximate surface area is 167 Å². The quantitative estimate of drug-likeness (QED) is 0.657. The van der Waals surface area contributed by atoms with E-state index in [1.165, 1.54) is 0 Å². The molecule has 1 aliphatic heterocycles. The summed E-state index contributed by atoms with van der Waals surface area (Å²) in [7, 11) is 0. The number of morpholine rings is 1. The SMILES string of the molecule is NC(=O)Cc1nc([C@H]2OCC(=O)N[C@@H]2c2ccccc2)n(Cc2ccccc2)n1. The first kappa shape index (κ1) is 18.8. The fourth-order valence-corrected chi connectivity index (χ4v) is 3.41. The summed E-state index contributed by atoms with van der Waals surface area (Å²) in [5.41, 5.74) is 7.26. The summed E-state index contributed by atoms with van der Waals surface area (Å²) in [4.78, 5) is 28.0. The number of carbonyl (C=O) groups excluding carboxylic acids is 2. The second kappa shape index (κ2) is 8.24. The second-order valence-electron chi connectivity index (χ2n) is 6.86. The Morgan fingerprint density at radius 2 is 1.83 bits per heavy atom. The van der Waals surface area contributed by atoms with Gasteiger partial charge in [-0.1, -0.05) is 60.7 Å². The third kappa shape index (κ3) is 4.33. The average Bonchev–Trinajstić information content (AvgIpc) is 3.10. The molecule has 148 valence electrons. The highest BCUT2D eigenvalue weighted by molar-refractivity contribution is 5.78. The van der Waals surface area contributed by atoms with Crippen molar-refractivity contribution in [3.63, 3.8) is 0 Å². The van der Waals surface area contributed by atoms with Crippen molar-refractivity contribution in [3.8, 4) is 0 Å². The Hall–Kier alpha value is -3.52. The molecule has 1 aliphatic rings. The molecular formula is C21H21N5O3. The number of nitrogens with two attached hydrogens (primary N) is 1. The average molecular weight is 391 g/mol. The number of aromatic nitrogens is 3. The van der Waals surface area contributed by atoms with Crippen LogP contribution in [0.5, 0.6) is 0 Å². The maximum absolute atomic E-state index is 12.0. The van der Waals surface area contributed by atoms with Crippen molar-refractivity contribution in [1.82, 2.24) is 20.1 Å². The van der Waals surface area contributed by atoms with E-state index in [1.807, 2.05) is 60.7 Å². The number of carbonyl (C=O) groups is 2. The van der Waals surface area contributed by atoms with Gasteiger partial charge in [0.05, 0.1) is 19.0 Å². The number of hydrogen-bond donors (Lipinski definition) is 2. The molecule has 2 aromatic carbocycles. The molecule has 1 fully saturated rings. The van der Waals surface area contributed by atoms with Crippen LogP contribution in [0.4, 0.5) is 0 Å². The first-order valence-electron chi connectivity index (χ1n) is 9.32. The van der Waals surface area contributed by atoms with Gasteiger partial charge in [0, 0.05) is 0 Å². The van der Waals surface area contributed by atoms with Crippen molar-refractivity contribution in [2.45, 2.75) is 25.1 Å². The van der Waals surface area contributed by atoms with Crippen molar-refractivity contribution >= 4 is 11.8 Å². The molecule has 2 atom stereocenters. The highest BCUT2D eigenvalue weighted by Crippen LogP contribution is 2.33. The van der Waals surface area contributed by atoms with Gasteiger partial charge in [-0.15, -0.1) is 0 Å². The van der Waals surface area contributed by atoms with Crippen LogP contribution in [0.2, 0.25) is 0 Å². The highest BCUT2D eigenvalue weighted by atomic mass is 16.5. The van der Waals surface area contributed by atoms with Gasteiger partial charge in [-0.2, -0.15) is 5.10 Å². The summed E-state index contributed by atoms with van der Waals surface area (Å²) in [6.45, 7) is 0.384. The second-order valence-corrected chi connectivity index (χ2v) is 6.86. The summed E-state index contributed by atoms with van der Waals surface area (Å²) in [6, 6.07) is 18.9. The minimum atomic E-state index is -0.548. The molecule has 2 amide bonds. The van der Waals surface area contributed by atoms with Crippen LogP contribution in [0, 0.1) is 0 Å². The number of nitrogens with zero attached hydrogens (tertiary/aromatic N) is 3. The zero-order chi connectivity index (χ0) is 20.2. The van der Waals surface area contributed by atoms with Gasteiger partial charge in [-0.05, 0) is 11.1 Å². The van der Waals surface area contributed by atoms with Gasteiger partial charge in [0.2, 0.25) is 11.8 Å². The molecule has 3 aromatic rings. The summed E-state index contributed by atoms with van der Waals surface area (Å²) in [5.74, 6) is 0.169. The first-order valence-corrected chi connectivity index (χ1v) is 9.32. The van der Waals surface area contributed by atoms with Gasteiger partial charge >= 0.3 is 0 Å². The largest absolute Gasteiger partial charge is 0.369 e. The molecule has 0 spiro atoms. The Morgan fingerprint density at radius 3 is 2.52 bits per heavy atom. The summed E-state index contributed by atoms with van der Waals surface area (Å²) in [6.07, 6.45) is -0.614. The van der Waals surface area contributed by atoms with Crippen LogP contribution in [0.15, 0.2) is 60.7 Å². The maximum atomic E-state index is 12.0. The molecule has 4 rings (SSSR count). The van der Waals surface area contributed by atoms with Gasteiger partial charge in [-0.3, -0.25) is 9.59 Å². The normalized spacial score (nSPS) is 19.0. The van der Waals surface area contributed by atoms with Crippen molar-refractivity contribution in [1.29, 1.82) is 0 Å². The fraction of sp³-hybridized carbons (Fsp3) is 0.238. The summed E-state index contributed by atoms with van der Waals surface area (Å²) < 4.78 is 7.60. The van der Waals surface area contributed by atoms with Gasteiger partial charge in [0.1, 0.15) is 12.7 Å². The van der Waals surface area contributed by atoms with E-state index in [4.69, 9.17) is 10.5 Å². The number of amides is 2. The molecule has 0 unspecified atom stereocenters. The lowest BCUT2D eigenvalue weighted by atomic mass is 9.99. The smallest absolute Gasteiger partial charge is 0.246 e. The Bertz CT molecular complexity index is 1000. The molecule has 8 nitrogen and oxygen atoms in total. The Morgan fingerprint density at radius 1 is 1.14 bits per heavy atom. The first-order chi connectivity index (χ1) is 14.1. The maximum Gasteiger partial charge on any atom is 0.246 e. The lowest BCUT2D eigenvalue weighted by molar-refractivity contribution is -0.138. The standard InChI is InChI=1S/C21H21N5O3/c22-16(27)11-17-23-21(26(25-17)12-14-7-3-1-4-8-14)20-19(24-18(28)13-29-20)15-9-5-2-6-10-15/h1-10,19-20H,11-13H2,(H2,22,27)(H,24,28)/t19-,20+/m1/s1. The molecule has 3 N–H and O–H groups in total. The third-order valence-corrected chi connectivity index (χ3v) is 4.68. The van der Waals surface area contributed by atoms with Crippen LogP contribution in [-0.4, -0.2) is 33.2 Å². The van der Waals surface area contributed by atoms with Crippen LogP contribution in [0.25, 0.3) is 0 Å². The summed E-state index contributed by atoms with van der Waals surface area (Å²) in [5, 5.41) is 7.47. The topological polar surface area (TPSA) is 112 Å². The van der Waals surface area contributed by atoms with Gasteiger partial charge in [-0.25, -0.2) is 9.67 Å². The zero-order valence-electron chi connectivity index (χ0n) is 15.7. The number of hydrogen-bond acceptors (Lipinski definition) is 5. The number of ether oxygens (including phenoxy) is 1. The fourth-order valence-electron chi connectivity index (χ4n) is 3.41. The number of primary amides is 1. The lowest BCUT2D eigenvalue weighted by Gasteiger charge is -2.32. The van der Waals surface area contributed by atoms with E-state index in [0.717, 1.165) is 11.1 Å². The van der Waals surface area contributed by atoms with E-state index >= 15 is 0 Å². The third-order valence-electron chi connectivity index (χ3n) is 4.68. The molecule has 29 heavy (non-hydrogen) atoms. The van der Waals surface area contributed by atoms with E-state index in [1.54, 1.807) is 4.68 Å². The van der Waals surface area contributed by atoms with Crippen LogP contribution >= 0.6 is 0 Å². The minimum absolute atomic E-state index is 0.0656. The van der Waals surface area contributed by atoms with E-state index in [-0.39, 0.29) is 18.9 Å². The molecule has 0 aliphatic carbocycles. The lowest BCUT2D eigenvalue weighted by Crippen LogP contribution is -2.42. The van der Waals surface area contributed by atoms with E-state index in [2.05, 4.69) is 15.4 Å². The van der Waals surface area contributed by atoms with Crippen LogP contribution < -0.4 is 11.1 Å². The molecular weight excluding hydrogens is 370 g/mol. The number of benzene rings is 2. The van der Waals surface area contributed by atoms with Crippen LogP contribution in [0.3, 0.4) is 0 Å². The van der Waals surface area contributed by atoms with Crippen LogP contribution in [-0.2, 0) is 27.3 Å². The van der Waals surface area contributed by atoms with E-state index in [0.29, 0.717) is 18.2 Å². The zero-order valence-corrected chi connectivity index (χ0v) is 15.7. The van der Waals surface area contributed by atoms with Crippen molar-refractivity contribution in [2.75, 3.05) is 6.61 Å². The molecule has 0 saturated carbocycles. The summed E-state index contributed by atoms with van der Waals surface area (Å²) >= 11 is 0. The predicted octanol–water partition coefficient (Wildman–Crippen LogP) is 1.28. The Balaban J connectivity index is 1.73. The molecule has 0 bridgehead atoms. The van der Waals surface area contributed by atoms with Gasteiger partial charge in [0.25, 0.3) is 0 Å². The number of rotatable bonds is 6. The van der Waals surface area contributed by atoms with Crippen molar-refractivity contribution < 1.29 is 14.3 Å². The van der Waals surface area contributed by atoms with Crippen molar-refractivity contribution in [3.05, 3.63) is 83.4 Å². The Kier molecular flexibility index (Phi) is 5.35. The molecule has 0 radical (unpaired) electrons. The van der Waals surface area contributed by atoms with E-state index in [9.17, 15) is 9.59 Å². The molecule has 8 heteroatoms.